The van der Waals surface area contributed by atoms with Crippen molar-refractivity contribution in [1.29, 1.82) is 0 Å². The van der Waals surface area contributed by atoms with Crippen LogP contribution in [0.15, 0.2) is 48.5 Å². The fourth-order valence-corrected chi connectivity index (χ4v) is 3.82. The maximum atomic E-state index is 2.52. The van der Waals surface area contributed by atoms with Crippen molar-refractivity contribution in [3.63, 3.8) is 0 Å². The summed E-state index contributed by atoms with van der Waals surface area (Å²) in [6.45, 7) is 3.43. The topological polar surface area (TPSA) is 4.93 Å². The van der Waals surface area contributed by atoms with Crippen molar-refractivity contribution in [1.82, 2.24) is 4.57 Å². The van der Waals surface area contributed by atoms with Crippen LogP contribution in [-0.2, 0) is 6.54 Å². The minimum absolute atomic E-state index is 1.14. The Hall–Kier alpha value is -1.76. The highest BCUT2D eigenvalue weighted by atomic mass is 15.0. The summed E-state index contributed by atoms with van der Waals surface area (Å²) in [5.41, 5.74) is 2.77. The van der Waals surface area contributed by atoms with Gasteiger partial charge in [0.1, 0.15) is 0 Å². The van der Waals surface area contributed by atoms with E-state index in [0.29, 0.717) is 0 Å². The standard InChI is InChI=1S/C23H31N/c1-2-3-4-5-6-7-8-9-14-19-24-22-17-12-10-15-20(22)21-16-11-13-18-23(21)24/h10-13,15-18H,2-9,14,19H2,1H3. The number of fused-ring (bicyclic) bond motifs is 3. The van der Waals surface area contributed by atoms with Crippen LogP contribution in [-0.4, -0.2) is 4.57 Å². The van der Waals surface area contributed by atoms with Gasteiger partial charge in [-0.05, 0) is 18.6 Å². The highest BCUT2D eigenvalue weighted by Gasteiger charge is 2.08. The predicted molar refractivity (Wildman–Crippen MR) is 107 cm³/mol. The molecule has 0 N–H and O–H groups in total. The van der Waals surface area contributed by atoms with E-state index < -0.39 is 0 Å². The third kappa shape index (κ3) is 4.01. The van der Waals surface area contributed by atoms with Gasteiger partial charge in [-0.2, -0.15) is 0 Å². The second kappa shape index (κ2) is 8.92. The predicted octanol–water partition coefficient (Wildman–Crippen LogP) is 7.33. The molecule has 0 saturated heterocycles. The van der Waals surface area contributed by atoms with E-state index >= 15 is 0 Å². The highest BCUT2D eigenvalue weighted by molar-refractivity contribution is 6.07. The summed E-state index contributed by atoms with van der Waals surface area (Å²) >= 11 is 0. The lowest BCUT2D eigenvalue weighted by atomic mass is 10.1. The normalized spacial score (nSPS) is 11.5. The van der Waals surface area contributed by atoms with Crippen molar-refractivity contribution in [2.24, 2.45) is 0 Å². The summed E-state index contributed by atoms with van der Waals surface area (Å²) in [5, 5.41) is 2.79. The summed E-state index contributed by atoms with van der Waals surface area (Å²) < 4.78 is 2.52. The molecule has 0 aliphatic heterocycles. The maximum Gasteiger partial charge on any atom is 0.0491 e. The van der Waals surface area contributed by atoms with Gasteiger partial charge >= 0.3 is 0 Å². The SMILES string of the molecule is CCCCCCCCCCCn1c2ccccc2c2ccccc21. The van der Waals surface area contributed by atoms with Gasteiger partial charge in [0, 0.05) is 28.4 Å². The van der Waals surface area contributed by atoms with Gasteiger partial charge in [-0.3, -0.25) is 0 Å². The quantitative estimate of drug-likeness (QED) is 0.345. The molecule has 2 aromatic carbocycles. The van der Waals surface area contributed by atoms with Crippen LogP contribution < -0.4 is 0 Å². The van der Waals surface area contributed by atoms with E-state index in [1.165, 1.54) is 79.6 Å². The minimum atomic E-state index is 1.14. The lowest BCUT2D eigenvalue weighted by molar-refractivity contribution is 0.546. The molecule has 1 heteroatoms. The summed E-state index contributed by atoms with van der Waals surface area (Å²) in [7, 11) is 0. The van der Waals surface area contributed by atoms with Gasteiger partial charge in [0.05, 0.1) is 0 Å². The zero-order valence-corrected chi connectivity index (χ0v) is 15.1. The average molecular weight is 322 g/mol. The Bertz CT molecular complexity index is 700. The number of hydrogen-bond acceptors (Lipinski definition) is 0. The van der Waals surface area contributed by atoms with E-state index in [0.717, 1.165) is 6.54 Å². The second-order valence-electron chi connectivity index (χ2n) is 7.01. The van der Waals surface area contributed by atoms with E-state index in [1.54, 1.807) is 0 Å². The Kier molecular flexibility index (Phi) is 6.34. The molecule has 1 aromatic heterocycles. The van der Waals surface area contributed by atoms with E-state index in [-0.39, 0.29) is 0 Å². The Labute approximate surface area is 146 Å². The number of rotatable bonds is 10. The molecule has 0 fully saturated rings. The van der Waals surface area contributed by atoms with Crippen LogP contribution in [0.1, 0.15) is 64.7 Å². The van der Waals surface area contributed by atoms with Crippen LogP contribution in [0, 0.1) is 0 Å². The third-order valence-corrected chi connectivity index (χ3v) is 5.17. The molecular weight excluding hydrogens is 290 g/mol. The zero-order valence-electron chi connectivity index (χ0n) is 15.1. The van der Waals surface area contributed by atoms with E-state index in [4.69, 9.17) is 0 Å². The molecule has 1 heterocycles. The van der Waals surface area contributed by atoms with Crippen molar-refractivity contribution < 1.29 is 0 Å². The molecule has 1 nitrogen and oxygen atoms in total. The van der Waals surface area contributed by atoms with Gasteiger partial charge in [0.2, 0.25) is 0 Å². The van der Waals surface area contributed by atoms with Crippen LogP contribution in [0.5, 0.6) is 0 Å². The van der Waals surface area contributed by atoms with Gasteiger partial charge in [-0.15, -0.1) is 0 Å². The van der Waals surface area contributed by atoms with Crippen LogP contribution >= 0.6 is 0 Å². The Morgan fingerprint density at radius 2 is 1.04 bits per heavy atom. The van der Waals surface area contributed by atoms with E-state index in [1.807, 2.05) is 0 Å². The molecule has 3 rings (SSSR count). The maximum absolute atomic E-state index is 2.52. The number of aromatic nitrogens is 1. The fraction of sp³-hybridized carbons (Fsp3) is 0.478. The van der Waals surface area contributed by atoms with Gasteiger partial charge < -0.3 is 4.57 Å². The summed E-state index contributed by atoms with van der Waals surface area (Å²) in [4.78, 5) is 0. The van der Waals surface area contributed by atoms with Gasteiger partial charge in [-0.1, -0.05) is 94.7 Å². The molecule has 0 atom stereocenters. The van der Waals surface area contributed by atoms with Crippen molar-refractivity contribution in [2.45, 2.75) is 71.3 Å². The first kappa shape index (κ1) is 17.1. The van der Waals surface area contributed by atoms with Crippen LogP contribution in [0.2, 0.25) is 0 Å². The van der Waals surface area contributed by atoms with Crippen molar-refractivity contribution in [2.75, 3.05) is 0 Å². The number of hydrogen-bond donors (Lipinski definition) is 0. The third-order valence-electron chi connectivity index (χ3n) is 5.17. The molecule has 0 radical (unpaired) electrons. The number of para-hydroxylation sites is 2. The molecule has 0 aliphatic rings. The first-order chi connectivity index (χ1) is 11.9. The smallest absolute Gasteiger partial charge is 0.0491 e. The van der Waals surface area contributed by atoms with E-state index in [2.05, 4.69) is 60.0 Å². The lowest BCUT2D eigenvalue weighted by Gasteiger charge is -2.07. The molecule has 128 valence electrons. The molecule has 0 spiro atoms. The number of unbranched alkanes of at least 4 members (excludes halogenated alkanes) is 8. The molecule has 0 amide bonds. The molecule has 0 unspecified atom stereocenters. The second-order valence-corrected chi connectivity index (χ2v) is 7.01. The van der Waals surface area contributed by atoms with Gasteiger partial charge in [0.25, 0.3) is 0 Å². The first-order valence-corrected chi connectivity index (χ1v) is 9.88. The molecule has 3 aromatic rings. The van der Waals surface area contributed by atoms with Crippen LogP contribution in [0.4, 0.5) is 0 Å². The number of aryl methyl sites for hydroxylation is 1. The number of nitrogens with zero attached hydrogens (tertiary/aromatic N) is 1. The monoisotopic (exact) mass is 321 g/mol. The minimum Gasteiger partial charge on any atom is -0.340 e. The molecule has 0 aliphatic carbocycles. The van der Waals surface area contributed by atoms with E-state index in [9.17, 15) is 0 Å². The highest BCUT2D eigenvalue weighted by Crippen LogP contribution is 2.29. The fourth-order valence-electron chi connectivity index (χ4n) is 3.82. The summed E-state index contributed by atoms with van der Waals surface area (Å²) in [5.74, 6) is 0. The number of benzene rings is 2. The molecular formula is C23H31N. The average Bonchev–Trinajstić information content (AvgIpc) is 2.95. The Morgan fingerprint density at radius 1 is 0.583 bits per heavy atom. The van der Waals surface area contributed by atoms with Gasteiger partial charge in [0.15, 0.2) is 0 Å². The molecule has 0 bridgehead atoms. The summed E-state index contributed by atoms with van der Waals surface area (Å²) in [6, 6.07) is 17.7. The molecule has 0 saturated carbocycles. The Balaban J connectivity index is 1.54. The van der Waals surface area contributed by atoms with Crippen molar-refractivity contribution in [3.8, 4) is 0 Å². The van der Waals surface area contributed by atoms with Crippen molar-refractivity contribution >= 4 is 21.8 Å². The van der Waals surface area contributed by atoms with Gasteiger partial charge in [-0.25, -0.2) is 0 Å². The van der Waals surface area contributed by atoms with Crippen LogP contribution in [0.25, 0.3) is 21.8 Å². The molecule has 24 heavy (non-hydrogen) atoms. The first-order valence-electron chi connectivity index (χ1n) is 9.88. The van der Waals surface area contributed by atoms with Crippen molar-refractivity contribution in [3.05, 3.63) is 48.5 Å². The zero-order chi connectivity index (χ0) is 16.6. The summed E-state index contributed by atoms with van der Waals surface area (Å²) in [6.07, 6.45) is 12.5. The Morgan fingerprint density at radius 3 is 1.58 bits per heavy atom. The lowest BCUT2D eigenvalue weighted by Crippen LogP contribution is -1.97. The largest absolute Gasteiger partial charge is 0.340 e. The van der Waals surface area contributed by atoms with Crippen LogP contribution in [0.3, 0.4) is 0 Å².